The Morgan fingerprint density at radius 2 is 1.85 bits per heavy atom. The SMILES string of the molecule is CCOc1cccc(Cn2ncc3c(N4CCN(C(=O)C5CCC(NC(=O)CN(C)C)CC5)CC4)ncnc32)c1. The molecule has 1 aliphatic carbocycles. The molecule has 1 saturated heterocycles. The molecule has 2 amide bonds. The third-order valence-electron chi connectivity index (χ3n) is 7.75. The summed E-state index contributed by atoms with van der Waals surface area (Å²) in [6.07, 6.45) is 6.79. The average Bonchev–Trinajstić information content (AvgIpc) is 3.36. The van der Waals surface area contributed by atoms with E-state index in [9.17, 15) is 9.59 Å². The number of amides is 2. The third kappa shape index (κ3) is 6.52. The van der Waals surface area contributed by atoms with Crippen LogP contribution in [0, 0.1) is 5.92 Å². The monoisotopic (exact) mass is 548 g/mol. The zero-order valence-electron chi connectivity index (χ0n) is 23.8. The normalized spacial score (nSPS) is 19.7. The minimum Gasteiger partial charge on any atom is -0.494 e. The lowest BCUT2D eigenvalue weighted by molar-refractivity contribution is -0.137. The predicted octanol–water partition coefficient (Wildman–Crippen LogP) is 2.16. The summed E-state index contributed by atoms with van der Waals surface area (Å²) < 4.78 is 7.53. The van der Waals surface area contributed by atoms with Gasteiger partial charge in [0.25, 0.3) is 0 Å². The number of carbonyl (C=O) groups excluding carboxylic acids is 2. The number of piperazine rings is 1. The van der Waals surface area contributed by atoms with Crippen LogP contribution in [0.1, 0.15) is 38.2 Å². The second-order valence-corrected chi connectivity index (χ2v) is 11.0. The Hall–Kier alpha value is -3.73. The van der Waals surface area contributed by atoms with Gasteiger partial charge in [0.2, 0.25) is 11.8 Å². The topological polar surface area (TPSA) is 109 Å². The quantitative estimate of drug-likeness (QED) is 0.434. The molecule has 0 radical (unpaired) electrons. The highest BCUT2D eigenvalue weighted by atomic mass is 16.5. The largest absolute Gasteiger partial charge is 0.494 e. The molecule has 11 nitrogen and oxygen atoms in total. The molecule has 1 N–H and O–H groups in total. The molecule has 40 heavy (non-hydrogen) atoms. The lowest BCUT2D eigenvalue weighted by Gasteiger charge is -2.38. The number of nitrogens with zero attached hydrogens (tertiary/aromatic N) is 7. The number of aromatic nitrogens is 4. The van der Waals surface area contributed by atoms with E-state index in [1.165, 1.54) is 0 Å². The molecule has 2 fully saturated rings. The first-order valence-electron chi connectivity index (χ1n) is 14.3. The van der Waals surface area contributed by atoms with Crippen molar-refractivity contribution in [3.63, 3.8) is 0 Å². The van der Waals surface area contributed by atoms with E-state index in [2.05, 4.69) is 31.3 Å². The van der Waals surface area contributed by atoms with Gasteiger partial charge in [-0.15, -0.1) is 0 Å². The van der Waals surface area contributed by atoms with Gasteiger partial charge in [0.05, 0.1) is 31.3 Å². The van der Waals surface area contributed by atoms with Crippen molar-refractivity contribution in [3.8, 4) is 5.75 Å². The summed E-state index contributed by atoms with van der Waals surface area (Å²) >= 11 is 0. The maximum atomic E-state index is 13.3. The number of benzene rings is 1. The van der Waals surface area contributed by atoms with Crippen molar-refractivity contribution >= 4 is 28.7 Å². The van der Waals surface area contributed by atoms with Crippen molar-refractivity contribution in [2.75, 3.05) is 58.3 Å². The van der Waals surface area contributed by atoms with Crippen molar-refractivity contribution in [2.24, 2.45) is 5.92 Å². The van der Waals surface area contributed by atoms with Gasteiger partial charge in [-0.2, -0.15) is 5.10 Å². The number of hydrogen-bond acceptors (Lipinski definition) is 8. The van der Waals surface area contributed by atoms with Gasteiger partial charge in [0.15, 0.2) is 5.65 Å². The van der Waals surface area contributed by atoms with Crippen LogP contribution in [0.4, 0.5) is 5.82 Å². The smallest absolute Gasteiger partial charge is 0.234 e. The van der Waals surface area contributed by atoms with Gasteiger partial charge < -0.3 is 24.8 Å². The van der Waals surface area contributed by atoms with Gasteiger partial charge in [-0.25, -0.2) is 14.6 Å². The minimum absolute atomic E-state index is 0.0405. The molecule has 0 spiro atoms. The highest BCUT2D eigenvalue weighted by Crippen LogP contribution is 2.28. The predicted molar refractivity (Wildman–Crippen MR) is 153 cm³/mol. The molecule has 214 valence electrons. The fourth-order valence-electron chi connectivity index (χ4n) is 5.76. The van der Waals surface area contributed by atoms with E-state index in [0.717, 1.165) is 66.9 Å². The highest BCUT2D eigenvalue weighted by molar-refractivity contribution is 5.87. The fourth-order valence-corrected chi connectivity index (χ4v) is 5.76. The number of rotatable bonds is 9. The second kappa shape index (κ2) is 12.6. The molecule has 1 aromatic carbocycles. The highest BCUT2D eigenvalue weighted by Gasteiger charge is 2.32. The van der Waals surface area contributed by atoms with Gasteiger partial charge in [-0.1, -0.05) is 12.1 Å². The number of fused-ring (bicyclic) bond motifs is 1. The number of likely N-dealkylation sites (N-methyl/N-ethyl adjacent to an activating group) is 1. The van der Waals surface area contributed by atoms with Gasteiger partial charge in [-0.05, 0) is 64.4 Å². The van der Waals surface area contributed by atoms with Crippen molar-refractivity contribution in [2.45, 2.75) is 45.2 Å². The van der Waals surface area contributed by atoms with Crippen molar-refractivity contribution in [1.29, 1.82) is 0 Å². The van der Waals surface area contributed by atoms with Gasteiger partial charge in [0, 0.05) is 38.1 Å². The zero-order chi connectivity index (χ0) is 28.1. The van der Waals surface area contributed by atoms with Crippen LogP contribution in [0.2, 0.25) is 0 Å². The first kappa shape index (κ1) is 27.8. The van der Waals surface area contributed by atoms with Crippen molar-refractivity contribution in [1.82, 2.24) is 34.9 Å². The van der Waals surface area contributed by atoms with E-state index in [4.69, 9.17) is 4.74 Å². The van der Waals surface area contributed by atoms with Crippen LogP contribution in [0.15, 0.2) is 36.8 Å². The molecule has 1 aliphatic heterocycles. The molecular formula is C29H40N8O3. The maximum Gasteiger partial charge on any atom is 0.234 e. The van der Waals surface area contributed by atoms with Crippen molar-refractivity contribution < 1.29 is 14.3 Å². The van der Waals surface area contributed by atoms with E-state index in [1.54, 1.807) is 6.33 Å². The van der Waals surface area contributed by atoms with E-state index < -0.39 is 0 Å². The molecule has 5 rings (SSSR count). The Morgan fingerprint density at radius 1 is 1.07 bits per heavy atom. The van der Waals surface area contributed by atoms with Crippen LogP contribution in [0.5, 0.6) is 5.75 Å². The summed E-state index contributed by atoms with van der Waals surface area (Å²) in [6, 6.07) is 8.20. The zero-order valence-corrected chi connectivity index (χ0v) is 23.8. The van der Waals surface area contributed by atoms with Crippen LogP contribution in [0.3, 0.4) is 0 Å². The molecule has 0 unspecified atom stereocenters. The Kier molecular flexibility index (Phi) is 8.78. The van der Waals surface area contributed by atoms with Crippen LogP contribution in [0.25, 0.3) is 11.0 Å². The Labute approximate surface area is 235 Å². The van der Waals surface area contributed by atoms with Crippen molar-refractivity contribution in [3.05, 3.63) is 42.4 Å². The summed E-state index contributed by atoms with van der Waals surface area (Å²) in [5.41, 5.74) is 1.88. The van der Waals surface area contributed by atoms with E-state index in [-0.39, 0.29) is 23.8 Å². The summed E-state index contributed by atoms with van der Waals surface area (Å²) in [5, 5.41) is 8.65. The first-order chi connectivity index (χ1) is 19.4. The first-order valence-corrected chi connectivity index (χ1v) is 14.3. The lowest BCUT2D eigenvalue weighted by atomic mass is 9.85. The van der Waals surface area contributed by atoms with Crippen LogP contribution in [-0.4, -0.2) is 101 Å². The third-order valence-corrected chi connectivity index (χ3v) is 7.75. The summed E-state index contributed by atoms with van der Waals surface area (Å²) in [7, 11) is 3.78. The molecule has 2 aromatic heterocycles. The minimum atomic E-state index is 0.0405. The summed E-state index contributed by atoms with van der Waals surface area (Å²) in [6.45, 7) is 6.36. The van der Waals surface area contributed by atoms with Gasteiger partial charge in [-0.3, -0.25) is 9.59 Å². The standard InChI is InChI=1S/C29H40N8O3/c1-4-40-24-7-5-6-21(16-24)18-37-28-25(17-32-37)27(30-20-31-28)35-12-14-36(15-13-35)29(39)22-8-10-23(11-9-22)33-26(38)19-34(2)3/h5-7,16-17,20,22-23H,4,8-15,18-19H2,1-3H3,(H,33,38). The Morgan fingerprint density at radius 3 is 2.58 bits per heavy atom. The number of carbonyl (C=O) groups is 2. The molecule has 2 aliphatic rings. The molecule has 0 bridgehead atoms. The summed E-state index contributed by atoms with van der Waals surface area (Å²) in [4.78, 5) is 40.6. The molecule has 3 aromatic rings. The number of nitrogens with one attached hydrogen (secondary N) is 1. The van der Waals surface area contributed by atoms with Crippen LogP contribution >= 0.6 is 0 Å². The molecule has 0 atom stereocenters. The van der Waals surface area contributed by atoms with E-state index in [0.29, 0.717) is 32.8 Å². The number of anilines is 1. The molecule has 11 heteroatoms. The van der Waals surface area contributed by atoms with E-state index >= 15 is 0 Å². The Bertz CT molecular complexity index is 1310. The summed E-state index contributed by atoms with van der Waals surface area (Å²) in [5.74, 6) is 2.04. The van der Waals surface area contributed by atoms with Gasteiger partial charge >= 0.3 is 0 Å². The molecule has 3 heterocycles. The fraction of sp³-hybridized carbons (Fsp3) is 0.552. The second-order valence-electron chi connectivity index (χ2n) is 11.0. The molecule has 1 saturated carbocycles. The lowest BCUT2D eigenvalue weighted by Crippen LogP contribution is -2.51. The number of hydrogen-bond donors (Lipinski definition) is 1. The molecular weight excluding hydrogens is 508 g/mol. The van der Waals surface area contributed by atoms with E-state index in [1.807, 2.05) is 59.9 Å². The maximum absolute atomic E-state index is 13.3. The van der Waals surface area contributed by atoms with Gasteiger partial charge in [0.1, 0.15) is 17.9 Å². The van der Waals surface area contributed by atoms with Crippen LogP contribution < -0.4 is 15.0 Å². The Balaban J connectivity index is 1.16. The van der Waals surface area contributed by atoms with Crippen LogP contribution in [-0.2, 0) is 16.1 Å². The average molecular weight is 549 g/mol. The number of ether oxygens (including phenoxy) is 1.